The highest BCUT2D eigenvalue weighted by molar-refractivity contribution is 5.13. The van der Waals surface area contributed by atoms with E-state index in [1.54, 1.807) is 6.08 Å². The van der Waals surface area contributed by atoms with E-state index in [1.807, 2.05) is 30.3 Å². The second-order valence-electron chi connectivity index (χ2n) is 2.15. The van der Waals surface area contributed by atoms with Crippen LogP contribution >= 0.6 is 0 Å². The summed E-state index contributed by atoms with van der Waals surface area (Å²) in [6, 6.07) is 9.47. The van der Waals surface area contributed by atoms with Crippen molar-refractivity contribution in [1.82, 2.24) is 0 Å². The van der Waals surface area contributed by atoms with Gasteiger partial charge in [-0.2, -0.15) is 0 Å². The van der Waals surface area contributed by atoms with Crippen LogP contribution in [0.3, 0.4) is 0 Å². The highest BCUT2D eigenvalue weighted by Gasteiger charge is 1.87. The highest BCUT2D eigenvalue weighted by atomic mass is 16.5. The van der Waals surface area contributed by atoms with Gasteiger partial charge in [0.1, 0.15) is 0 Å². The summed E-state index contributed by atoms with van der Waals surface area (Å²) < 4.78 is 12.7. The fourth-order valence-corrected chi connectivity index (χ4v) is 0.744. The van der Waals surface area contributed by atoms with E-state index in [0.717, 1.165) is 5.56 Å². The fourth-order valence-electron chi connectivity index (χ4n) is 0.744. The summed E-state index contributed by atoms with van der Waals surface area (Å²) >= 11 is 0. The molecule has 1 nitrogen and oxygen atoms in total. The van der Waals surface area contributed by atoms with E-state index in [1.165, 1.54) is 0 Å². The first-order valence-electron chi connectivity index (χ1n) is 4.12. The van der Waals surface area contributed by atoms with E-state index in [0.29, 0.717) is 6.61 Å². The molecule has 11 heavy (non-hydrogen) atoms. The maximum absolute atomic E-state index is 7.55. The van der Waals surface area contributed by atoms with Crippen LogP contribution in [-0.2, 0) is 11.3 Å². The van der Waals surface area contributed by atoms with Crippen LogP contribution in [0.4, 0.5) is 0 Å². The molecule has 0 bridgehead atoms. The average Bonchev–Trinajstić information content (AvgIpc) is 2.15. The average molecular weight is 149 g/mol. The SMILES string of the molecule is [2H][C@H](OCC=C)c1ccccc1. The summed E-state index contributed by atoms with van der Waals surface area (Å²) in [4.78, 5) is 0. The third-order valence-corrected chi connectivity index (χ3v) is 1.23. The van der Waals surface area contributed by atoms with Gasteiger partial charge >= 0.3 is 0 Å². The first-order chi connectivity index (χ1) is 5.84. The molecule has 0 aromatic heterocycles. The Balaban J connectivity index is 2.53. The lowest BCUT2D eigenvalue weighted by atomic mass is 10.2. The van der Waals surface area contributed by atoms with Crippen LogP contribution in [0.25, 0.3) is 0 Å². The molecule has 1 rings (SSSR count). The van der Waals surface area contributed by atoms with E-state index in [9.17, 15) is 0 Å². The molecule has 0 aliphatic rings. The molecule has 0 heterocycles. The lowest BCUT2D eigenvalue weighted by molar-refractivity contribution is 0.149. The second kappa shape index (κ2) is 4.69. The summed E-state index contributed by atoms with van der Waals surface area (Å²) in [5, 5.41) is 0. The third-order valence-electron chi connectivity index (χ3n) is 1.23. The van der Waals surface area contributed by atoms with Crippen molar-refractivity contribution in [1.29, 1.82) is 0 Å². The van der Waals surface area contributed by atoms with Crippen LogP contribution < -0.4 is 0 Å². The minimum atomic E-state index is -0.593. The molecule has 0 saturated heterocycles. The van der Waals surface area contributed by atoms with Crippen LogP contribution in [0.15, 0.2) is 43.0 Å². The van der Waals surface area contributed by atoms with Gasteiger partial charge in [0, 0.05) is 0 Å². The van der Waals surface area contributed by atoms with Gasteiger partial charge in [-0.3, -0.25) is 0 Å². The Kier molecular flexibility index (Phi) is 2.82. The minimum Gasteiger partial charge on any atom is -0.373 e. The fraction of sp³-hybridized carbons (Fsp3) is 0.200. The summed E-state index contributed by atoms with van der Waals surface area (Å²) in [7, 11) is 0. The number of hydrogen-bond donors (Lipinski definition) is 0. The van der Waals surface area contributed by atoms with Crippen molar-refractivity contribution in [3.63, 3.8) is 0 Å². The molecule has 0 amide bonds. The smallest absolute Gasteiger partial charge is 0.0721 e. The Morgan fingerprint density at radius 2 is 2.18 bits per heavy atom. The molecule has 0 fully saturated rings. The number of benzene rings is 1. The van der Waals surface area contributed by atoms with Gasteiger partial charge in [0.15, 0.2) is 0 Å². The van der Waals surface area contributed by atoms with Gasteiger partial charge in [0.25, 0.3) is 0 Å². The van der Waals surface area contributed by atoms with Crippen molar-refractivity contribution < 1.29 is 6.11 Å². The molecular formula is C10H12O. The lowest BCUT2D eigenvalue weighted by Gasteiger charge is -1.99. The maximum Gasteiger partial charge on any atom is 0.0721 e. The van der Waals surface area contributed by atoms with Crippen molar-refractivity contribution in [2.24, 2.45) is 0 Å². The normalized spacial score (nSPS) is 13.6. The van der Waals surface area contributed by atoms with Gasteiger partial charge in [-0.05, 0) is 5.56 Å². The van der Waals surface area contributed by atoms with Crippen molar-refractivity contribution in [2.45, 2.75) is 6.58 Å². The Bertz CT molecular complexity index is 233. The molecule has 1 heteroatoms. The van der Waals surface area contributed by atoms with Gasteiger partial charge in [-0.15, -0.1) is 6.58 Å². The first-order valence-corrected chi connectivity index (χ1v) is 3.54. The van der Waals surface area contributed by atoms with Crippen LogP contribution in [0, 0.1) is 0 Å². The predicted molar refractivity (Wildman–Crippen MR) is 46.3 cm³/mol. The van der Waals surface area contributed by atoms with Crippen LogP contribution in [-0.4, -0.2) is 6.61 Å². The van der Waals surface area contributed by atoms with E-state index >= 15 is 0 Å². The zero-order valence-electron chi connectivity index (χ0n) is 7.36. The molecule has 0 N–H and O–H groups in total. The summed E-state index contributed by atoms with van der Waals surface area (Å²) in [5.74, 6) is 0. The number of hydrogen-bond acceptors (Lipinski definition) is 1. The molecule has 1 aromatic carbocycles. The van der Waals surface area contributed by atoms with Crippen molar-refractivity contribution >= 4 is 0 Å². The largest absolute Gasteiger partial charge is 0.373 e. The van der Waals surface area contributed by atoms with Gasteiger partial charge in [0.05, 0.1) is 14.6 Å². The summed E-state index contributed by atoms with van der Waals surface area (Å²) in [6.07, 6.45) is 1.64. The lowest BCUT2D eigenvalue weighted by Crippen LogP contribution is -1.91. The molecule has 0 unspecified atom stereocenters. The monoisotopic (exact) mass is 149 g/mol. The molecule has 0 radical (unpaired) electrons. The van der Waals surface area contributed by atoms with E-state index in [-0.39, 0.29) is 0 Å². The molecule has 0 aliphatic carbocycles. The zero-order chi connectivity index (χ0) is 8.81. The molecule has 0 saturated carbocycles. The van der Waals surface area contributed by atoms with E-state index < -0.39 is 6.58 Å². The Labute approximate surface area is 68.7 Å². The summed E-state index contributed by atoms with van der Waals surface area (Å²) in [6.45, 7) is 3.34. The molecular weight excluding hydrogens is 136 g/mol. The van der Waals surface area contributed by atoms with Crippen LogP contribution in [0.1, 0.15) is 6.93 Å². The molecule has 1 aromatic rings. The molecule has 1 atom stereocenters. The van der Waals surface area contributed by atoms with Gasteiger partial charge in [-0.25, -0.2) is 0 Å². The summed E-state index contributed by atoms with van der Waals surface area (Å²) in [5.41, 5.74) is 0.874. The molecule has 58 valence electrons. The highest BCUT2D eigenvalue weighted by Crippen LogP contribution is 1.99. The van der Waals surface area contributed by atoms with Crippen molar-refractivity contribution in [2.75, 3.05) is 6.61 Å². The quantitative estimate of drug-likeness (QED) is 0.597. The van der Waals surface area contributed by atoms with Crippen LogP contribution in [0.2, 0.25) is 0 Å². The van der Waals surface area contributed by atoms with Gasteiger partial charge in [-0.1, -0.05) is 36.4 Å². The predicted octanol–water partition coefficient (Wildman–Crippen LogP) is 2.39. The van der Waals surface area contributed by atoms with E-state index in [4.69, 9.17) is 6.11 Å². The number of rotatable bonds is 4. The Morgan fingerprint density at radius 3 is 2.82 bits per heavy atom. The van der Waals surface area contributed by atoms with Gasteiger partial charge in [0.2, 0.25) is 0 Å². The van der Waals surface area contributed by atoms with Crippen molar-refractivity contribution in [3.8, 4) is 0 Å². The Morgan fingerprint density at radius 1 is 1.45 bits per heavy atom. The minimum absolute atomic E-state index is 0.420. The molecule has 0 spiro atoms. The number of ether oxygens (including phenoxy) is 1. The third kappa shape index (κ3) is 3.01. The van der Waals surface area contributed by atoms with Crippen molar-refractivity contribution in [3.05, 3.63) is 48.6 Å². The topological polar surface area (TPSA) is 9.23 Å². The molecule has 0 aliphatic heterocycles. The maximum atomic E-state index is 7.55. The Hall–Kier alpha value is -1.08. The second-order valence-corrected chi connectivity index (χ2v) is 2.15. The van der Waals surface area contributed by atoms with Crippen LogP contribution in [0.5, 0.6) is 0 Å². The van der Waals surface area contributed by atoms with E-state index in [2.05, 4.69) is 6.58 Å². The first kappa shape index (κ1) is 6.62. The van der Waals surface area contributed by atoms with Gasteiger partial charge < -0.3 is 4.74 Å². The zero-order valence-corrected chi connectivity index (χ0v) is 6.36. The standard InChI is InChI=1S/C10H12O/c1-2-8-11-9-10-6-4-3-5-7-10/h2-7H,1,8-9H2/i9D/t9-/m0/s1.